The average molecular weight is 227 g/mol. The highest BCUT2D eigenvalue weighted by atomic mass is 16.5. The molecule has 1 rings (SSSR count). The zero-order valence-corrected chi connectivity index (χ0v) is 11.3. The Morgan fingerprint density at radius 1 is 1.25 bits per heavy atom. The number of rotatable bonds is 7. The van der Waals surface area contributed by atoms with Gasteiger partial charge >= 0.3 is 0 Å². The molecule has 0 radical (unpaired) electrons. The second-order valence-corrected chi connectivity index (χ2v) is 5.21. The van der Waals surface area contributed by atoms with E-state index in [2.05, 4.69) is 26.1 Å². The Labute approximate surface area is 101 Å². The van der Waals surface area contributed by atoms with Crippen LogP contribution in [0.15, 0.2) is 0 Å². The Kier molecular flexibility index (Phi) is 7.06. The van der Waals surface area contributed by atoms with Gasteiger partial charge in [0.15, 0.2) is 0 Å². The minimum absolute atomic E-state index is 0.597. The first-order chi connectivity index (χ1) is 7.77. The van der Waals surface area contributed by atoms with Crippen LogP contribution in [0.4, 0.5) is 0 Å². The molecular formula is C14H29NO. The third-order valence-electron chi connectivity index (χ3n) is 3.68. The second-order valence-electron chi connectivity index (χ2n) is 5.21. The molecule has 2 atom stereocenters. The van der Waals surface area contributed by atoms with Crippen LogP contribution in [0.5, 0.6) is 0 Å². The molecule has 2 unspecified atom stereocenters. The third kappa shape index (κ3) is 4.84. The van der Waals surface area contributed by atoms with Gasteiger partial charge in [-0.1, -0.05) is 26.7 Å². The summed E-state index contributed by atoms with van der Waals surface area (Å²) in [4.78, 5) is 0. The van der Waals surface area contributed by atoms with E-state index in [1.807, 2.05) is 0 Å². The number of hydrogen-bond donors (Lipinski definition) is 1. The molecule has 1 heterocycles. The molecule has 2 heteroatoms. The molecule has 0 bridgehead atoms. The van der Waals surface area contributed by atoms with Crippen molar-refractivity contribution in [3.63, 3.8) is 0 Å². The molecular weight excluding hydrogens is 198 g/mol. The summed E-state index contributed by atoms with van der Waals surface area (Å²) in [5.41, 5.74) is 0. The summed E-state index contributed by atoms with van der Waals surface area (Å²) < 4.78 is 5.52. The Morgan fingerprint density at radius 2 is 1.94 bits per heavy atom. The fraction of sp³-hybridized carbons (Fsp3) is 1.00. The Morgan fingerprint density at radius 3 is 2.44 bits per heavy atom. The van der Waals surface area contributed by atoms with Gasteiger partial charge in [0, 0.05) is 18.7 Å². The van der Waals surface area contributed by atoms with E-state index in [1.54, 1.807) is 0 Å². The molecule has 0 aromatic rings. The maximum absolute atomic E-state index is 5.52. The minimum atomic E-state index is 0.597. The van der Waals surface area contributed by atoms with E-state index >= 15 is 0 Å². The first-order valence-corrected chi connectivity index (χ1v) is 7.11. The van der Waals surface area contributed by atoms with E-state index in [9.17, 15) is 0 Å². The zero-order chi connectivity index (χ0) is 11.8. The van der Waals surface area contributed by atoms with Crippen molar-refractivity contribution in [1.82, 2.24) is 5.32 Å². The molecule has 0 spiro atoms. The van der Waals surface area contributed by atoms with Crippen molar-refractivity contribution in [2.75, 3.05) is 13.2 Å². The van der Waals surface area contributed by atoms with Crippen molar-refractivity contribution < 1.29 is 4.74 Å². The molecule has 0 aromatic carbocycles. The minimum Gasteiger partial charge on any atom is -0.380 e. The van der Waals surface area contributed by atoms with Crippen molar-refractivity contribution in [3.05, 3.63) is 0 Å². The van der Waals surface area contributed by atoms with E-state index in [0.717, 1.165) is 19.1 Å². The summed E-state index contributed by atoms with van der Waals surface area (Å²) in [6.07, 6.45) is 7.83. The van der Waals surface area contributed by atoms with Gasteiger partial charge in [0.1, 0.15) is 0 Å². The van der Waals surface area contributed by atoms with Crippen molar-refractivity contribution in [3.8, 4) is 0 Å². The molecule has 0 amide bonds. The molecule has 2 nitrogen and oxygen atoms in total. The van der Waals surface area contributed by atoms with Crippen LogP contribution in [-0.2, 0) is 4.74 Å². The van der Waals surface area contributed by atoms with Crippen LogP contribution in [0.2, 0.25) is 0 Å². The highest BCUT2D eigenvalue weighted by molar-refractivity contribution is 4.78. The summed E-state index contributed by atoms with van der Waals surface area (Å²) in [5, 5.41) is 3.76. The van der Waals surface area contributed by atoms with E-state index in [4.69, 9.17) is 4.74 Å². The number of nitrogens with one attached hydrogen (secondary N) is 1. The van der Waals surface area contributed by atoms with Gasteiger partial charge < -0.3 is 10.1 Å². The molecule has 16 heavy (non-hydrogen) atoms. The van der Waals surface area contributed by atoms with Crippen molar-refractivity contribution in [1.29, 1.82) is 0 Å². The monoisotopic (exact) mass is 227 g/mol. The Balaban J connectivity index is 2.31. The van der Waals surface area contributed by atoms with E-state index < -0.39 is 0 Å². The lowest BCUT2D eigenvalue weighted by molar-refractivity contribution is 0.0633. The number of ether oxygens (including phenoxy) is 1. The quantitative estimate of drug-likeness (QED) is 0.720. The molecule has 1 N–H and O–H groups in total. The van der Waals surface area contributed by atoms with Gasteiger partial charge in [0.2, 0.25) is 0 Å². The lowest BCUT2D eigenvalue weighted by Gasteiger charge is -2.31. The third-order valence-corrected chi connectivity index (χ3v) is 3.68. The van der Waals surface area contributed by atoms with Crippen LogP contribution in [0, 0.1) is 5.92 Å². The average Bonchev–Trinajstić information content (AvgIpc) is 2.30. The van der Waals surface area contributed by atoms with E-state index in [1.165, 1.54) is 38.5 Å². The lowest BCUT2D eigenvalue weighted by Crippen LogP contribution is -2.45. The van der Waals surface area contributed by atoms with Crippen molar-refractivity contribution in [2.24, 2.45) is 5.92 Å². The van der Waals surface area contributed by atoms with Gasteiger partial charge in [0.25, 0.3) is 0 Å². The normalized spacial score (nSPS) is 23.6. The van der Waals surface area contributed by atoms with Crippen molar-refractivity contribution >= 4 is 0 Å². The smallest absolute Gasteiger partial charge is 0.0619 e. The summed E-state index contributed by atoms with van der Waals surface area (Å²) in [7, 11) is 0. The Bertz CT molecular complexity index is 160. The fourth-order valence-corrected chi connectivity index (χ4v) is 2.77. The van der Waals surface area contributed by atoms with Gasteiger partial charge in [-0.25, -0.2) is 0 Å². The van der Waals surface area contributed by atoms with Crippen LogP contribution in [-0.4, -0.2) is 25.3 Å². The fourth-order valence-electron chi connectivity index (χ4n) is 2.77. The van der Waals surface area contributed by atoms with Gasteiger partial charge in [-0.05, 0) is 38.5 Å². The maximum Gasteiger partial charge on any atom is 0.0619 e. The Hall–Kier alpha value is -0.0800. The second kappa shape index (κ2) is 8.08. The van der Waals surface area contributed by atoms with Crippen LogP contribution < -0.4 is 5.32 Å². The molecule has 96 valence electrons. The van der Waals surface area contributed by atoms with E-state index in [-0.39, 0.29) is 0 Å². The molecule has 0 aliphatic carbocycles. The standard InChI is InChI=1S/C14H29NO/c1-4-7-13(8-5-2)12(3)15-14-9-6-10-16-11-14/h12-15H,4-11H2,1-3H3. The molecule has 1 aliphatic heterocycles. The van der Waals surface area contributed by atoms with Gasteiger partial charge in [-0.15, -0.1) is 0 Å². The summed E-state index contributed by atoms with van der Waals surface area (Å²) in [6.45, 7) is 8.80. The molecule has 0 saturated carbocycles. The van der Waals surface area contributed by atoms with Gasteiger partial charge in [-0.3, -0.25) is 0 Å². The highest BCUT2D eigenvalue weighted by Crippen LogP contribution is 2.19. The molecule has 1 saturated heterocycles. The SMILES string of the molecule is CCCC(CCC)C(C)NC1CCCOC1. The molecule has 1 aliphatic rings. The molecule has 0 aromatic heterocycles. The first kappa shape index (κ1) is 14.0. The summed E-state index contributed by atoms with van der Waals surface area (Å²) in [5.74, 6) is 0.844. The van der Waals surface area contributed by atoms with Crippen LogP contribution in [0.1, 0.15) is 59.3 Å². The van der Waals surface area contributed by atoms with Gasteiger partial charge in [-0.2, -0.15) is 0 Å². The molecule has 1 fully saturated rings. The number of hydrogen-bond acceptors (Lipinski definition) is 2. The first-order valence-electron chi connectivity index (χ1n) is 7.11. The van der Waals surface area contributed by atoms with Crippen molar-refractivity contribution in [2.45, 2.75) is 71.4 Å². The van der Waals surface area contributed by atoms with Crippen LogP contribution in [0.25, 0.3) is 0 Å². The maximum atomic E-state index is 5.52. The van der Waals surface area contributed by atoms with Crippen LogP contribution in [0.3, 0.4) is 0 Å². The zero-order valence-electron chi connectivity index (χ0n) is 11.3. The highest BCUT2D eigenvalue weighted by Gasteiger charge is 2.20. The lowest BCUT2D eigenvalue weighted by atomic mass is 9.90. The largest absolute Gasteiger partial charge is 0.380 e. The summed E-state index contributed by atoms with van der Waals surface area (Å²) >= 11 is 0. The predicted octanol–water partition coefficient (Wildman–Crippen LogP) is 3.36. The van der Waals surface area contributed by atoms with Gasteiger partial charge in [0.05, 0.1) is 6.61 Å². The topological polar surface area (TPSA) is 21.3 Å². The summed E-state index contributed by atoms with van der Waals surface area (Å²) in [6, 6.07) is 1.24. The van der Waals surface area contributed by atoms with E-state index in [0.29, 0.717) is 12.1 Å². The predicted molar refractivity (Wildman–Crippen MR) is 69.7 cm³/mol. The van der Waals surface area contributed by atoms with Crippen LogP contribution >= 0.6 is 0 Å².